The van der Waals surface area contributed by atoms with Gasteiger partial charge in [0.15, 0.2) is 0 Å². The molecule has 2 N–H and O–H groups in total. The number of aromatic nitrogens is 1. The number of hydrogen-bond donors (Lipinski definition) is 2. The van der Waals surface area contributed by atoms with Crippen molar-refractivity contribution in [2.45, 2.75) is 13.5 Å². The van der Waals surface area contributed by atoms with Gasteiger partial charge in [-0.1, -0.05) is 29.8 Å². The van der Waals surface area contributed by atoms with Crippen molar-refractivity contribution < 1.29 is 9.59 Å². The van der Waals surface area contributed by atoms with Crippen LogP contribution in [0.2, 0.25) is 0 Å². The lowest BCUT2D eigenvalue weighted by Crippen LogP contribution is -2.31. The van der Waals surface area contributed by atoms with Crippen LogP contribution >= 0.6 is 0 Å². The van der Waals surface area contributed by atoms with E-state index in [0.29, 0.717) is 24.2 Å². The van der Waals surface area contributed by atoms with Crippen molar-refractivity contribution in [3.8, 4) is 0 Å². The molecular weight excluding hydrogens is 316 g/mol. The monoisotopic (exact) mass is 340 g/mol. The van der Waals surface area contributed by atoms with Crippen molar-refractivity contribution >= 4 is 11.8 Å². The molecule has 6 heteroatoms. The van der Waals surface area contributed by atoms with Crippen LogP contribution in [0.3, 0.4) is 0 Å². The lowest BCUT2D eigenvalue weighted by molar-refractivity contribution is 0.0950. The molecule has 1 heterocycles. The van der Waals surface area contributed by atoms with Gasteiger partial charge in [-0.2, -0.15) is 0 Å². The molecule has 0 aliphatic heterocycles. The molecule has 0 fully saturated rings. The van der Waals surface area contributed by atoms with E-state index >= 15 is 0 Å². The number of nitrogens with zero attached hydrogens (tertiary/aromatic N) is 2. The summed E-state index contributed by atoms with van der Waals surface area (Å²) >= 11 is 0. The van der Waals surface area contributed by atoms with Crippen LogP contribution < -0.4 is 10.6 Å². The third-order valence-corrected chi connectivity index (χ3v) is 3.64. The van der Waals surface area contributed by atoms with E-state index in [1.54, 1.807) is 6.07 Å². The first-order chi connectivity index (χ1) is 12.0. The van der Waals surface area contributed by atoms with Crippen LogP contribution in [-0.2, 0) is 6.54 Å². The number of nitrogens with one attached hydrogen (secondary N) is 2. The summed E-state index contributed by atoms with van der Waals surface area (Å²) in [6.45, 7) is 3.72. The number of aryl methyl sites for hydroxylation is 1. The summed E-state index contributed by atoms with van der Waals surface area (Å²) in [5.74, 6) is -0.486. The van der Waals surface area contributed by atoms with E-state index in [1.165, 1.54) is 12.4 Å². The second-order valence-electron chi connectivity index (χ2n) is 6.19. The van der Waals surface area contributed by atoms with E-state index in [-0.39, 0.29) is 11.8 Å². The molecule has 2 aromatic rings. The second-order valence-corrected chi connectivity index (χ2v) is 6.19. The van der Waals surface area contributed by atoms with Gasteiger partial charge in [0.1, 0.15) is 0 Å². The predicted octanol–water partition coefficient (Wildman–Crippen LogP) is 1.61. The molecule has 0 radical (unpaired) electrons. The quantitative estimate of drug-likeness (QED) is 0.803. The molecule has 0 spiro atoms. The van der Waals surface area contributed by atoms with E-state index in [1.807, 2.05) is 50.2 Å². The Balaban J connectivity index is 1.95. The average molecular weight is 340 g/mol. The lowest BCUT2D eigenvalue weighted by Gasteiger charge is -2.11. The van der Waals surface area contributed by atoms with Crippen LogP contribution in [0.5, 0.6) is 0 Å². The van der Waals surface area contributed by atoms with Crippen molar-refractivity contribution in [2.75, 3.05) is 27.2 Å². The SMILES string of the molecule is Cc1cccc(CNC(=O)c2cncc(C(=O)NCCN(C)C)c2)c1. The van der Waals surface area contributed by atoms with E-state index < -0.39 is 0 Å². The average Bonchev–Trinajstić information content (AvgIpc) is 2.59. The van der Waals surface area contributed by atoms with Gasteiger partial charge >= 0.3 is 0 Å². The molecule has 1 aromatic carbocycles. The normalized spacial score (nSPS) is 10.6. The molecule has 132 valence electrons. The Morgan fingerprint density at radius 3 is 2.36 bits per heavy atom. The van der Waals surface area contributed by atoms with Crippen LogP contribution in [0.4, 0.5) is 0 Å². The van der Waals surface area contributed by atoms with Gasteiger partial charge in [0, 0.05) is 32.0 Å². The molecule has 2 amide bonds. The number of hydrogen-bond acceptors (Lipinski definition) is 4. The summed E-state index contributed by atoms with van der Waals surface area (Å²) in [5.41, 5.74) is 2.92. The van der Waals surface area contributed by atoms with Gasteiger partial charge in [-0.25, -0.2) is 0 Å². The fraction of sp³-hybridized carbons (Fsp3) is 0.316. The standard InChI is InChI=1S/C19H24N4O2/c1-14-5-4-6-15(9-14)11-22-19(25)17-10-16(12-20-13-17)18(24)21-7-8-23(2)3/h4-6,9-10,12-13H,7-8,11H2,1-3H3,(H,21,24)(H,22,25). The molecule has 0 aliphatic rings. The van der Waals surface area contributed by atoms with Crippen molar-refractivity contribution in [3.63, 3.8) is 0 Å². The minimum absolute atomic E-state index is 0.234. The van der Waals surface area contributed by atoms with Crippen LogP contribution in [0.1, 0.15) is 31.8 Å². The van der Waals surface area contributed by atoms with Crippen molar-refractivity contribution in [1.29, 1.82) is 0 Å². The maximum Gasteiger partial charge on any atom is 0.253 e. The molecule has 0 aliphatic carbocycles. The first-order valence-electron chi connectivity index (χ1n) is 8.17. The molecule has 6 nitrogen and oxygen atoms in total. The number of pyridine rings is 1. The maximum absolute atomic E-state index is 12.3. The highest BCUT2D eigenvalue weighted by molar-refractivity contribution is 5.99. The van der Waals surface area contributed by atoms with Gasteiger partial charge in [0.25, 0.3) is 11.8 Å². The van der Waals surface area contributed by atoms with Crippen LogP contribution in [0.15, 0.2) is 42.7 Å². The zero-order chi connectivity index (χ0) is 18.2. The maximum atomic E-state index is 12.3. The Bertz CT molecular complexity index is 744. The van der Waals surface area contributed by atoms with Gasteiger partial charge in [-0.05, 0) is 32.6 Å². The largest absolute Gasteiger partial charge is 0.351 e. The highest BCUT2D eigenvalue weighted by atomic mass is 16.2. The number of amides is 2. The minimum Gasteiger partial charge on any atom is -0.351 e. The summed E-state index contributed by atoms with van der Waals surface area (Å²) < 4.78 is 0. The zero-order valence-electron chi connectivity index (χ0n) is 14.9. The fourth-order valence-corrected chi connectivity index (χ4v) is 2.29. The number of rotatable bonds is 7. The van der Waals surface area contributed by atoms with Crippen molar-refractivity contribution in [1.82, 2.24) is 20.5 Å². The molecule has 2 rings (SSSR count). The summed E-state index contributed by atoms with van der Waals surface area (Å²) in [5, 5.41) is 5.66. The van der Waals surface area contributed by atoms with Crippen LogP contribution in [0.25, 0.3) is 0 Å². The summed E-state index contributed by atoms with van der Waals surface area (Å²) in [6, 6.07) is 9.50. The third-order valence-electron chi connectivity index (χ3n) is 3.64. The van der Waals surface area contributed by atoms with E-state index in [9.17, 15) is 9.59 Å². The second kappa shape index (κ2) is 8.94. The fourth-order valence-electron chi connectivity index (χ4n) is 2.29. The molecular formula is C19H24N4O2. The molecule has 0 bridgehead atoms. The zero-order valence-corrected chi connectivity index (χ0v) is 14.9. The van der Waals surface area contributed by atoms with E-state index in [2.05, 4.69) is 15.6 Å². The van der Waals surface area contributed by atoms with Gasteiger partial charge < -0.3 is 15.5 Å². The van der Waals surface area contributed by atoms with Crippen LogP contribution in [-0.4, -0.2) is 48.9 Å². The Labute approximate surface area is 148 Å². The lowest BCUT2D eigenvalue weighted by atomic mass is 10.1. The Hall–Kier alpha value is -2.73. The molecule has 0 atom stereocenters. The summed E-state index contributed by atoms with van der Waals surface area (Å²) in [6.07, 6.45) is 2.92. The van der Waals surface area contributed by atoms with Crippen molar-refractivity contribution in [2.24, 2.45) is 0 Å². The van der Waals surface area contributed by atoms with Gasteiger partial charge in [-0.3, -0.25) is 14.6 Å². The molecule has 25 heavy (non-hydrogen) atoms. The Morgan fingerprint density at radius 2 is 1.72 bits per heavy atom. The third kappa shape index (κ3) is 6.00. The smallest absolute Gasteiger partial charge is 0.253 e. The first-order valence-corrected chi connectivity index (χ1v) is 8.17. The van der Waals surface area contributed by atoms with E-state index in [0.717, 1.165) is 17.7 Å². The number of likely N-dealkylation sites (N-methyl/N-ethyl adjacent to an activating group) is 1. The van der Waals surface area contributed by atoms with Crippen LogP contribution in [0, 0.1) is 6.92 Å². The summed E-state index contributed by atoms with van der Waals surface area (Å²) in [7, 11) is 3.87. The van der Waals surface area contributed by atoms with Gasteiger partial charge in [0.2, 0.25) is 0 Å². The van der Waals surface area contributed by atoms with Gasteiger partial charge in [-0.15, -0.1) is 0 Å². The highest BCUT2D eigenvalue weighted by Gasteiger charge is 2.11. The Morgan fingerprint density at radius 1 is 1.04 bits per heavy atom. The predicted molar refractivity (Wildman–Crippen MR) is 97.5 cm³/mol. The number of carbonyl (C=O) groups is 2. The molecule has 1 aromatic heterocycles. The topological polar surface area (TPSA) is 74.3 Å². The Kier molecular flexibility index (Phi) is 6.65. The van der Waals surface area contributed by atoms with Gasteiger partial charge in [0.05, 0.1) is 11.1 Å². The highest BCUT2D eigenvalue weighted by Crippen LogP contribution is 2.06. The first kappa shape index (κ1) is 18.6. The number of carbonyl (C=O) groups excluding carboxylic acids is 2. The number of benzene rings is 1. The minimum atomic E-state index is -0.253. The molecule has 0 saturated carbocycles. The van der Waals surface area contributed by atoms with Crippen molar-refractivity contribution in [3.05, 3.63) is 65.0 Å². The van der Waals surface area contributed by atoms with E-state index in [4.69, 9.17) is 0 Å². The molecule has 0 saturated heterocycles. The molecule has 0 unspecified atom stereocenters. The summed E-state index contributed by atoms with van der Waals surface area (Å²) in [4.78, 5) is 30.4.